The minimum Gasteiger partial charge on any atom is -0.454 e. The van der Waals surface area contributed by atoms with Gasteiger partial charge in [-0.05, 0) is 135 Å². The standard InChI is InChI=1S/C62H43NO/c1-61(2)51-34-37-17-6-5-16-36(37)33-50(51)48-30-28-38-32-39(29-31-40(38)58(48)61)63(53-26-15-25-49-44-21-13-14-27-55(44)64-60(49)53)54-35-52-56(46-23-11-9-20-43(46)54)57-45-22-10-7-18-41(45)42-19-8-12-24-47(42)59(57)62(52,3)4/h5-35H,1-4H3. The van der Waals surface area contributed by atoms with E-state index in [1.165, 1.54) is 98.4 Å². The topological polar surface area (TPSA) is 16.4 Å². The van der Waals surface area contributed by atoms with Crippen LogP contribution in [0.25, 0.3) is 98.1 Å². The van der Waals surface area contributed by atoms with Gasteiger partial charge >= 0.3 is 0 Å². The van der Waals surface area contributed by atoms with E-state index in [-0.39, 0.29) is 10.8 Å². The zero-order chi connectivity index (χ0) is 42.6. The molecule has 2 aliphatic rings. The molecule has 0 aliphatic heterocycles. The average molecular weight is 818 g/mol. The number of rotatable bonds is 3. The third kappa shape index (κ3) is 4.60. The Kier molecular flexibility index (Phi) is 7.00. The lowest BCUT2D eigenvalue weighted by Crippen LogP contribution is -2.17. The summed E-state index contributed by atoms with van der Waals surface area (Å²) in [5, 5.41) is 15.0. The van der Waals surface area contributed by atoms with Crippen LogP contribution < -0.4 is 4.90 Å². The monoisotopic (exact) mass is 817 g/mol. The van der Waals surface area contributed by atoms with E-state index < -0.39 is 0 Å². The lowest BCUT2D eigenvalue weighted by molar-refractivity contribution is 0.666. The second-order valence-corrected chi connectivity index (χ2v) is 19.2. The maximum absolute atomic E-state index is 6.90. The number of hydrogen-bond donors (Lipinski definition) is 0. The van der Waals surface area contributed by atoms with Crippen LogP contribution in [0.1, 0.15) is 49.9 Å². The third-order valence-electron chi connectivity index (χ3n) is 15.1. The van der Waals surface area contributed by atoms with Crippen molar-refractivity contribution in [3.8, 4) is 22.3 Å². The van der Waals surface area contributed by atoms with Crippen molar-refractivity contribution in [3.05, 3.63) is 210 Å². The van der Waals surface area contributed by atoms with Crippen molar-refractivity contribution in [1.29, 1.82) is 0 Å². The zero-order valence-corrected chi connectivity index (χ0v) is 36.3. The first kappa shape index (κ1) is 35.9. The lowest BCUT2D eigenvalue weighted by Gasteiger charge is -2.30. The number of fused-ring (bicyclic) bond motifs is 19. The molecule has 2 heteroatoms. The highest BCUT2D eigenvalue weighted by Gasteiger charge is 2.41. The summed E-state index contributed by atoms with van der Waals surface area (Å²) in [5.74, 6) is 0. The highest BCUT2D eigenvalue weighted by Crippen LogP contribution is 2.59. The third-order valence-corrected chi connectivity index (χ3v) is 15.1. The second-order valence-electron chi connectivity index (χ2n) is 19.2. The van der Waals surface area contributed by atoms with Crippen molar-refractivity contribution in [2.24, 2.45) is 0 Å². The Morgan fingerprint density at radius 3 is 1.75 bits per heavy atom. The van der Waals surface area contributed by atoms with Gasteiger partial charge in [-0.15, -0.1) is 0 Å². The first-order chi connectivity index (χ1) is 31.3. The van der Waals surface area contributed by atoms with E-state index in [9.17, 15) is 0 Å². The molecule has 0 bridgehead atoms. The van der Waals surface area contributed by atoms with Crippen molar-refractivity contribution in [3.63, 3.8) is 0 Å². The molecule has 14 rings (SSSR count). The predicted octanol–water partition coefficient (Wildman–Crippen LogP) is 17.4. The summed E-state index contributed by atoms with van der Waals surface area (Å²) in [5.41, 5.74) is 15.5. The number of nitrogens with zero attached hydrogens (tertiary/aromatic N) is 1. The molecule has 0 atom stereocenters. The van der Waals surface area contributed by atoms with Crippen molar-refractivity contribution in [2.45, 2.75) is 38.5 Å². The van der Waals surface area contributed by atoms with Gasteiger partial charge in [-0.2, -0.15) is 0 Å². The molecule has 0 radical (unpaired) electrons. The van der Waals surface area contributed by atoms with Crippen LogP contribution in [-0.4, -0.2) is 0 Å². The fraction of sp³-hybridized carbons (Fsp3) is 0.0968. The molecule has 0 saturated heterocycles. The lowest BCUT2D eigenvalue weighted by atomic mass is 9.79. The Balaban J connectivity index is 1.06. The maximum atomic E-state index is 6.90. The Bertz CT molecular complexity index is 4030. The van der Waals surface area contributed by atoms with E-state index in [1.807, 2.05) is 0 Å². The minimum atomic E-state index is -0.292. The van der Waals surface area contributed by atoms with Gasteiger partial charge in [0, 0.05) is 32.7 Å². The fourth-order valence-corrected chi connectivity index (χ4v) is 12.3. The zero-order valence-electron chi connectivity index (χ0n) is 36.3. The molecule has 0 spiro atoms. The van der Waals surface area contributed by atoms with Crippen LogP contribution in [0.5, 0.6) is 0 Å². The summed E-state index contributed by atoms with van der Waals surface area (Å²) in [4.78, 5) is 2.49. The van der Waals surface area contributed by atoms with Gasteiger partial charge < -0.3 is 9.32 Å². The van der Waals surface area contributed by atoms with Crippen LogP contribution in [0, 0.1) is 0 Å². The van der Waals surface area contributed by atoms with Crippen molar-refractivity contribution < 1.29 is 4.42 Å². The first-order valence-corrected chi connectivity index (χ1v) is 22.6. The van der Waals surface area contributed by atoms with Crippen LogP contribution in [-0.2, 0) is 10.8 Å². The van der Waals surface area contributed by atoms with Crippen LogP contribution in [0.15, 0.2) is 192 Å². The van der Waals surface area contributed by atoms with Gasteiger partial charge in [0.15, 0.2) is 5.58 Å². The summed E-state index contributed by atoms with van der Waals surface area (Å²) in [7, 11) is 0. The molecular weight excluding hydrogens is 775 g/mol. The molecule has 302 valence electrons. The molecule has 1 heterocycles. The molecule has 2 nitrogen and oxygen atoms in total. The van der Waals surface area contributed by atoms with E-state index in [2.05, 4.69) is 221 Å². The van der Waals surface area contributed by atoms with Crippen LogP contribution >= 0.6 is 0 Å². The molecular formula is C62H43NO. The van der Waals surface area contributed by atoms with Gasteiger partial charge in [0.2, 0.25) is 0 Å². The Morgan fingerprint density at radius 2 is 0.969 bits per heavy atom. The van der Waals surface area contributed by atoms with Crippen LogP contribution in [0.4, 0.5) is 17.1 Å². The van der Waals surface area contributed by atoms with Crippen molar-refractivity contribution >= 4 is 92.9 Å². The summed E-state index contributed by atoms with van der Waals surface area (Å²) < 4.78 is 6.90. The van der Waals surface area contributed by atoms with E-state index >= 15 is 0 Å². The highest BCUT2D eigenvalue weighted by molar-refractivity contribution is 6.23. The van der Waals surface area contributed by atoms with Gasteiger partial charge in [0.25, 0.3) is 0 Å². The minimum absolute atomic E-state index is 0.166. The smallest absolute Gasteiger partial charge is 0.159 e. The van der Waals surface area contributed by atoms with Gasteiger partial charge in [0.1, 0.15) is 5.58 Å². The van der Waals surface area contributed by atoms with E-state index in [1.54, 1.807) is 0 Å². The van der Waals surface area contributed by atoms with E-state index in [0.717, 1.165) is 39.0 Å². The van der Waals surface area contributed by atoms with E-state index in [0.29, 0.717) is 0 Å². The van der Waals surface area contributed by atoms with Crippen LogP contribution in [0.2, 0.25) is 0 Å². The maximum Gasteiger partial charge on any atom is 0.159 e. The molecule has 0 unspecified atom stereocenters. The summed E-state index contributed by atoms with van der Waals surface area (Å²) in [6.07, 6.45) is 0. The largest absolute Gasteiger partial charge is 0.454 e. The highest BCUT2D eigenvalue weighted by atomic mass is 16.3. The molecule has 0 N–H and O–H groups in total. The summed E-state index contributed by atoms with van der Waals surface area (Å²) in [6, 6.07) is 70.1. The van der Waals surface area contributed by atoms with Gasteiger partial charge in [-0.25, -0.2) is 0 Å². The molecule has 0 saturated carbocycles. The van der Waals surface area contributed by atoms with Gasteiger partial charge in [-0.3, -0.25) is 0 Å². The van der Waals surface area contributed by atoms with Gasteiger partial charge in [0.05, 0.1) is 11.4 Å². The number of anilines is 3. The fourth-order valence-electron chi connectivity index (χ4n) is 12.3. The normalized spacial score (nSPS) is 14.5. The van der Waals surface area contributed by atoms with Crippen LogP contribution in [0.3, 0.4) is 0 Å². The number of benzene rings is 11. The molecule has 12 aromatic rings. The summed E-state index contributed by atoms with van der Waals surface area (Å²) >= 11 is 0. The number of hydrogen-bond acceptors (Lipinski definition) is 2. The molecule has 64 heavy (non-hydrogen) atoms. The Hall–Kier alpha value is -7.68. The Morgan fingerprint density at radius 1 is 0.359 bits per heavy atom. The van der Waals surface area contributed by atoms with Crippen molar-refractivity contribution in [2.75, 3.05) is 4.90 Å². The first-order valence-electron chi connectivity index (χ1n) is 22.6. The number of furan rings is 1. The molecule has 0 amide bonds. The molecule has 1 aromatic heterocycles. The molecule has 11 aromatic carbocycles. The average Bonchev–Trinajstić information content (AvgIpc) is 3.91. The Labute approximate surface area is 371 Å². The summed E-state index contributed by atoms with van der Waals surface area (Å²) in [6.45, 7) is 9.66. The molecule has 2 aliphatic carbocycles. The second kappa shape index (κ2) is 12.5. The predicted molar refractivity (Wildman–Crippen MR) is 271 cm³/mol. The van der Waals surface area contributed by atoms with Crippen molar-refractivity contribution in [1.82, 2.24) is 0 Å². The van der Waals surface area contributed by atoms with Gasteiger partial charge in [-0.1, -0.05) is 173 Å². The SMILES string of the molecule is CC1(C)c2cc3ccccc3cc2-c2ccc3cc(N(c4cc5c(c6ccccc46)-c4c(c6ccccc6c6ccccc46)C5(C)C)c4cccc5c4oc4ccccc45)ccc3c21. The van der Waals surface area contributed by atoms with E-state index in [4.69, 9.17) is 4.42 Å². The molecule has 0 fully saturated rings. The number of para-hydroxylation sites is 2. The quantitative estimate of drug-likeness (QED) is 0.165.